The lowest BCUT2D eigenvalue weighted by Crippen LogP contribution is -2.43. The highest BCUT2D eigenvalue weighted by Gasteiger charge is 2.47. The van der Waals surface area contributed by atoms with Crippen LogP contribution >= 0.6 is 11.6 Å². The second-order valence-corrected chi connectivity index (χ2v) is 13.0. The molecule has 0 aliphatic heterocycles. The summed E-state index contributed by atoms with van der Waals surface area (Å²) in [6.07, 6.45) is 8.73. The van der Waals surface area contributed by atoms with Crippen LogP contribution in [-0.2, 0) is 16.8 Å². The number of amides is 2. The maximum atomic E-state index is 15.4. The fourth-order valence-corrected chi connectivity index (χ4v) is 6.05. The first-order valence-electron chi connectivity index (χ1n) is 15.8. The highest BCUT2D eigenvalue weighted by atomic mass is 35.5. The number of halogens is 3. The minimum Gasteiger partial charge on any atom is -0.491 e. The van der Waals surface area contributed by atoms with Crippen molar-refractivity contribution in [1.82, 2.24) is 19.7 Å². The van der Waals surface area contributed by atoms with Gasteiger partial charge in [-0.25, -0.2) is 18.7 Å². The molecule has 0 bridgehead atoms. The van der Waals surface area contributed by atoms with E-state index in [9.17, 15) is 19.1 Å². The van der Waals surface area contributed by atoms with Gasteiger partial charge in [0.15, 0.2) is 17.2 Å². The first-order valence-corrected chi connectivity index (χ1v) is 16.2. The Morgan fingerprint density at radius 2 is 1.89 bits per heavy atom. The van der Waals surface area contributed by atoms with E-state index < -0.39 is 34.1 Å². The van der Waals surface area contributed by atoms with Gasteiger partial charge < -0.3 is 30.0 Å². The number of carbonyl (C=O) groups is 2. The van der Waals surface area contributed by atoms with Gasteiger partial charge in [0.2, 0.25) is 5.91 Å². The van der Waals surface area contributed by atoms with E-state index in [2.05, 4.69) is 10.3 Å². The minimum absolute atomic E-state index is 0.0567. The van der Waals surface area contributed by atoms with Crippen LogP contribution in [0, 0.1) is 17.6 Å². The normalized spacial score (nSPS) is 17.4. The third kappa shape index (κ3) is 6.23. The van der Waals surface area contributed by atoms with E-state index in [0.29, 0.717) is 35.7 Å². The summed E-state index contributed by atoms with van der Waals surface area (Å²) in [5, 5.41) is 14.3. The number of aromatic nitrogens is 3. The third-order valence-electron chi connectivity index (χ3n) is 8.82. The van der Waals surface area contributed by atoms with Gasteiger partial charge in [-0.15, -0.1) is 0 Å². The average molecular weight is 666 g/mol. The molecule has 0 radical (unpaired) electrons. The molecule has 0 unspecified atom stereocenters. The molecule has 0 saturated heterocycles. The number of primary amides is 1. The molecule has 10 nitrogen and oxygen atoms in total. The largest absolute Gasteiger partial charge is 0.491 e. The van der Waals surface area contributed by atoms with Crippen LogP contribution in [0.1, 0.15) is 78.7 Å². The van der Waals surface area contributed by atoms with E-state index in [1.54, 1.807) is 19.2 Å². The van der Waals surface area contributed by atoms with Crippen LogP contribution in [0.25, 0.3) is 16.9 Å². The number of aliphatic hydroxyl groups is 1. The number of carbonyl (C=O) groups excluding carboxylic acids is 2. The van der Waals surface area contributed by atoms with Crippen molar-refractivity contribution in [3.63, 3.8) is 0 Å². The smallest absolute Gasteiger partial charge is 0.253 e. The van der Waals surface area contributed by atoms with Crippen LogP contribution in [0.3, 0.4) is 0 Å². The molecule has 3 aliphatic rings. The minimum atomic E-state index is -1.71. The lowest BCUT2D eigenvalue weighted by molar-refractivity contribution is -0.117. The van der Waals surface area contributed by atoms with Crippen molar-refractivity contribution < 1.29 is 33.0 Å². The molecule has 246 valence electrons. The summed E-state index contributed by atoms with van der Waals surface area (Å²) < 4.78 is 43.2. The standard InChI is InChI=1S/C34H34ClF2N5O5/c1-2-46-31-18(13-27(38)43)12-26(41-30(31)22-9-10-23(36)28(35)29(22)37)34(45,20-5-6-20)16-39-33(44)19-11-25(47-21-7-8-21)32-40-24(17-3-4-17)15-42(32)14-19/h9-12,14-15,17,20-21,45H,2-8,13,16H2,1H3,(H2,38,43)(H,39,44)/t34-/m1/s1. The van der Waals surface area contributed by atoms with Crippen LogP contribution in [0.5, 0.6) is 11.5 Å². The Labute approximate surface area is 274 Å². The molecule has 2 amide bonds. The first kappa shape index (κ1) is 31.3. The maximum absolute atomic E-state index is 15.4. The molecule has 3 heterocycles. The molecule has 0 spiro atoms. The summed E-state index contributed by atoms with van der Waals surface area (Å²) in [5.74, 6) is -2.48. The SMILES string of the molecule is CCOc1c(CC(N)=O)cc([C@@](O)(CNC(=O)c2cc(OC3CC3)c3nc(C4CC4)cn3c2)C2CC2)nc1-c1ccc(F)c(Cl)c1F. The Hall–Kier alpha value is -4.29. The number of fused-ring (bicyclic) bond motifs is 1. The Balaban J connectivity index is 1.25. The molecule has 1 atom stereocenters. The monoisotopic (exact) mass is 665 g/mol. The van der Waals surface area contributed by atoms with Crippen LogP contribution in [0.4, 0.5) is 8.78 Å². The molecule has 3 aliphatic carbocycles. The molecule has 4 N–H and O–H groups in total. The zero-order chi connectivity index (χ0) is 33.0. The van der Waals surface area contributed by atoms with Gasteiger partial charge in [0, 0.05) is 29.4 Å². The van der Waals surface area contributed by atoms with Crippen LogP contribution < -0.4 is 20.5 Å². The van der Waals surface area contributed by atoms with Gasteiger partial charge in [-0.3, -0.25) is 9.59 Å². The Morgan fingerprint density at radius 3 is 2.55 bits per heavy atom. The van der Waals surface area contributed by atoms with E-state index >= 15 is 4.39 Å². The van der Waals surface area contributed by atoms with Gasteiger partial charge in [0.25, 0.3) is 5.91 Å². The summed E-state index contributed by atoms with van der Waals surface area (Å²) in [4.78, 5) is 35.2. The van der Waals surface area contributed by atoms with Crippen molar-refractivity contribution in [2.45, 2.75) is 69.5 Å². The molecular weight excluding hydrogens is 632 g/mol. The molecule has 3 aromatic heterocycles. The molecule has 7 rings (SSSR count). The predicted octanol–water partition coefficient (Wildman–Crippen LogP) is 5.20. The van der Waals surface area contributed by atoms with Crippen LogP contribution in [0.2, 0.25) is 5.02 Å². The number of ether oxygens (including phenoxy) is 2. The van der Waals surface area contributed by atoms with Crippen LogP contribution in [-0.4, -0.2) is 50.5 Å². The molecular formula is C34H34ClF2N5O5. The zero-order valence-corrected chi connectivity index (χ0v) is 26.4. The number of pyridine rings is 2. The summed E-state index contributed by atoms with van der Waals surface area (Å²) >= 11 is 5.91. The highest BCUT2D eigenvalue weighted by Crippen LogP contribution is 2.47. The lowest BCUT2D eigenvalue weighted by atomic mass is 9.90. The Bertz CT molecular complexity index is 1910. The van der Waals surface area contributed by atoms with E-state index in [4.69, 9.17) is 31.8 Å². The quantitative estimate of drug-likeness (QED) is 0.167. The number of rotatable bonds is 13. The Kier molecular flexibility index (Phi) is 8.04. The molecule has 3 fully saturated rings. The number of nitrogens with zero attached hydrogens (tertiary/aromatic N) is 3. The van der Waals surface area contributed by atoms with Gasteiger partial charge in [0.05, 0.1) is 42.6 Å². The molecule has 47 heavy (non-hydrogen) atoms. The predicted molar refractivity (Wildman–Crippen MR) is 168 cm³/mol. The van der Waals surface area contributed by atoms with Crippen molar-refractivity contribution in [2.75, 3.05) is 13.2 Å². The zero-order valence-electron chi connectivity index (χ0n) is 25.7. The topological polar surface area (TPSA) is 141 Å². The lowest BCUT2D eigenvalue weighted by Gasteiger charge is -2.30. The van der Waals surface area contributed by atoms with Crippen molar-refractivity contribution >= 4 is 29.1 Å². The second-order valence-electron chi connectivity index (χ2n) is 12.6. The van der Waals surface area contributed by atoms with E-state index in [1.165, 1.54) is 12.1 Å². The van der Waals surface area contributed by atoms with E-state index in [-0.39, 0.29) is 59.9 Å². The molecule has 4 aromatic rings. The van der Waals surface area contributed by atoms with Crippen molar-refractivity contribution in [3.05, 3.63) is 75.8 Å². The van der Waals surface area contributed by atoms with Gasteiger partial charge in [0.1, 0.15) is 27.9 Å². The highest BCUT2D eigenvalue weighted by molar-refractivity contribution is 6.31. The van der Waals surface area contributed by atoms with Gasteiger partial charge in [-0.2, -0.15) is 0 Å². The van der Waals surface area contributed by atoms with Gasteiger partial charge in [-0.05, 0) is 75.6 Å². The maximum Gasteiger partial charge on any atom is 0.253 e. The number of nitrogens with one attached hydrogen (secondary N) is 1. The number of benzene rings is 1. The fourth-order valence-electron chi connectivity index (χ4n) is 5.88. The summed E-state index contributed by atoms with van der Waals surface area (Å²) in [6.45, 7) is 1.59. The average Bonchev–Trinajstić information content (AvgIpc) is 3.89. The van der Waals surface area contributed by atoms with Crippen molar-refractivity contribution in [2.24, 2.45) is 11.7 Å². The third-order valence-corrected chi connectivity index (χ3v) is 9.17. The van der Waals surface area contributed by atoms with Crippen molar-refractivity contribution in [1.29, 1.82) is 0 Å². The van der Waals surface area contributed by atoms with Crippen LogP contribution in [0.15, 0.2) is 36.7 Å². The van der Waals surface area contributed by atoms with E-state index in [1.807, 2.05) is 10.6 Å². The van der Waals surface area contributed by atoms with Gasteiger partial charge in [-0.1, -0.05) is 11.6 Å². The first-order chi connectivity index (χ1) is 22.5. The number of imidazole rings is 1. The van der Waals surface area contributed by atoms with E-state index in [0.717, 1.165) is 37.4 Å². The second kappa shape index (κ2) is 12.1. The van der Waals surface area contributed by atoms with Gasteiger partial charge >= 0.3 is 0 Å². The Morgan fingerprint density at radius 1 is 1.13 bits per heavy atom. The summed E-state index contributed by atoms with van der Waals surface area (Å²) in [6, 6.07) is 5.32. The fraction of sp³-hybridized carbons (Fsp3) is 0.412. The molecule has 3 saturated carbocycles. The molecule has 1 aromatic carbocycles. The molecule has 13 heteroatoms. The number of hydrogen-bond acceptors (Lipinski definition) is 7. The van der Waals surface area contributed by atoms with Crippen molar-refractivity contribution in [3.8, 4) is 22.8 Å². The number of nitrogens with two attached hydrogens (primary N) is 1. The summed E-state index contributed by atoms with van der Waals surface area (Å²) in [5.41, 5.74) is 5.86. The number of hydrogen-bond donors (Lipinski definition) is 3. The summed E-state index contributed by atoms with van der Waals surface area (Å²) in [7, 11) is 0.